The molecule has 0 saturated heterocycles. The Kier molecular flexibility index (Phi) is 4.07. The number of aromatic nitrogens is 2. The fourth-order valence-electron chi connectivity index (χ4n) is 1.63. The highest BCUT2D eigenvalue weighted by atomic mass is 16.5. The van der Waals surface area contributed by atoms with E-state index in [-0.39, 0.29) is 5.69 Å². The van der Waals surface area contributed by atoms with Gasteiger partial charge in [0.2, 0.25) is 0 Å². The van der Waals surface area contributed by atoms with E-state index in [4.69, 9.17) is 4.74 Å². The summed E-state index contributed by atoms with van der Waals surface area (Å²) in [4.78, 5) is 19.7. The lowest BCUT2D eigenvalue weighted by molar-refractivity contribution is 0.0593. The minimum Gasteiger partial charge on any atom is -0.497 e. The maximum Gasteiger partial charge on any atom is 0.356 e. The molecule has 0 radical (unpaired) electrons. The van der Waals surface area contributed by atoms with Crippen molar-refractivity contribution in [2.75, 3.05) is 14.2 Å². The lowest BCUT2D eigenvalue weighted by Gasteiger charge is -2.04. The largest absolute Gasteiger partial charge is 0.497 e. The Morgan fingerprint density at radius 1 is 1.16 bits per heavy atom. The molecular formula is C14H14N2O3. The second-order valence-corrected chi connectivity index (χ2v) is 3.87. The number of ether oxygens (including phenoxy) is 2. The van der Waals surface area contributed by atoms with Crippen molar-refractivity contribution in [3.05, 3.63) is 53.6 Å². The van der Waals surface area contributed by atoms with Crippen molar-refractivity contribution in [3.63, 3.8) is 0 Å². The average Bonchev–Trinajstić information content (AvgIpc) is 2.47. The number of nitrogens with zero attached hydrogens (tertiary/aromatic N) is 2. The molecule has 2 aromatic rings. The number of hydrogen-bond acceptors (Lipinski definition) is 5. The summed E-state index contributed by atoms with van der Waals surface area (Å²) in [5, 5.41) is 0. The normalized spacial score (nSPS) is 10.0. The van der Waals surface area contributed by atoms with E-state index in [0.29, 0.717) is 12.2 Å². The first-order valence-corrected chi connectivity index (χ1v) is 5.76. The van der Waals surface area contributed by atoms with Gasteiger partial charge < -0.3 is 9.47 Å². The first-order valence-electron chi connectivity index (χ1n) is 5.76. The molecule has 5 nitrogen and oxygen atoms in total. The summed E-state index contributed by atoms with van der Waals surface area (Å²) in [6, 6.07) is 9.16. The second kappa shape index (κ2) is 5.95. The summed E-state index contributed by atoms with van der Waals surface area (Å²) in [5.41, 5.74) is 1.31. The highest BCUT2D eigenvalue weighted by Crippen LogP contribution is 2.13. The van der Waals surface area contributed by atoms with Gasteiger partial charge in [-0.05, 0) is 23.8 Å². The van der Waals surface area contributed by atoms with Crippen LogP contribution in [0.2, 0.25) is 0 Å². The lowest BCUT2D eigenvalue weighted by atomic mass is 10.1. The van der Waals surface area contributed by atoms with Crippen LogP contribution in [-0.2, 0) is 11.2 Å². The number of rotatable bonds is 4. The number of hydrogen-bond donors (Lipinski definition) is 0. The fourth-order valence-corrected chi connectivity index (χ4v) is 1.63. The summed E-state index contributed by atoms with van der Waals surface area (Å²) < 4.78 is 9.72. The molecule has 98 valence electrons. The Labute approximate surface area is 111 Å². The number of carbonyl (C=O) groups excluding carboxylic acids is 1. The van der Waals surface area contributed by atoms with Crippen molar-refractivity contribution >= 4 is 5.97 Å². The van der Waals surface area contributed by atoms with Gasteiger partial charge in [-0.2, -0.15) is 0 Å². The summed E-state index contributed by atoms with van der Waals surface area (Å²) in [7, 11) is 2.95. The van der Waals surface area contributed by atoms with Gasteiger partial charge in [0.25, 0.3) is 0 Å². The fraction of sp³-hybridized carbons (Fsp3) is 0.214. The summed E-state index contributed by atoms with van der Waals surface area (Å²) >= 11 is 0. The molecule has 0 N–H and O–H groups in total. The molecule has 1 heterocycles. The molecular weight excluding hydrogens is 244 g/mol. The van der Waals surface area contributed by atoms with Gasteiger partial charge in [0.05, 0.1) is 14.2 Å². The van der Waals surface area contributed by atoms with Crippen LogP contribution in [0, 0.1) is 0 Å². The first kappa shape index (κ1) is 13.0. The van der Waals surface area contributed by atoms with E-state index >= 15 is 0 Å². The van der Waals surface area contributed by atoms with Gasteiger partial charge in [-0.3, -0.25) is 0 Å². The molecule has 0 aliphatic rings. The first-order chi connectivity index (χ1) is 9.22. The maximum atomic E-state index is 11.4. The van der Waals surface area contributed by atoms with Gasteiger partial charge in [-0.1, -0.05) is 12.1 Å². The summed E-state index contributed by atoms with van der Waals surface area (Å²) in [5.74, 6) is 0.916. The minimum absolute atomic E-state index is 0.265. The third kappa shape index (κ3) is 3.28. The molecule has 5 heteroatoms. The SMILES string of the molecule is COC(=O)c1ccnc(Cc2ccc(OC)cc2)n1. The highest BCUT2D eigenvalue weighted by Gasteiger charge is 2.08. The highest BCUT2D eigenvalue weighted by molar-refractivity contribution is 5.86. The number of methoxy groups -OCH3 is 2. The van der Waals surface area contributed by atoms with Crippen LogP contribution in [-0.4, -0.2) is 30.2 Å². The van der Waals surface area contributed by atoms with Gasteiger partial charge in [0.1, 0.15) is 11.6 Å². The number of benzene rings is 1. The van der Waals surface area contributed by atoms with Gasteiger partial charge in [0, 0.05) is 12.6 Å². The van der Waals surface area contributed by atoms with Crippen molar-refractivity contribution in [3.8, 4) is 5.75 Å². The van der Waals surface area contributed by atoms with E-state index < -0.39 is 5.97 Å². The van der Waals surface area contributed by atoms with Crippen molar-refractivity contribution < 1.29 is 14.3 Å². The van der Waals surface area contributed by atoms with Gasteiger partial charge in [-0.15, -0.1) is 0 Å². The van der Waals surface area contributed by atoms with Crippen LogP contribution in [0.4, 0.5) is 0 Å². The Hall–Kier alpha value is -2.43. The van der Waals surface area contributed by atoms with E-state index in [1.54, 1.807) is 13.3 Å². The standard InChI is InChI=1S/C14H14N2O3/c1-18-11-5-3-10(4-6-11)9-13-15-8-7-12(16-13)14(17)19-2/h3-8H,9H2,1-2H3. The van der Waals surface area contributed by atoms with Crippen LogP contribution in [0.1, 0.15) is 21.9 Å². The molecule has 1 aromatic carbocycles. The van der Waals surface area contributed by atoms with Crippen molar-refractivity contribution in [1.29, 1.82) is 0 Å². The van der Waals surface area contributed by atoms with Crippen molar-refractivity contribution in [2.45, 2.75) is 6.42 Å². The third-order valence-electron chi connectivity index (χ3n) is 2.62. The second-order valence-electron chi connectivity index (χ2n) is 3.87. The monoisotopic (exact) mass is 258 g/mol. The van der Waals surface area contributed by atoms with Crippen LogP contribution < -0.4 is 4.74 Å². The van der Waals surface area contributed by atoms with Gasteiger partial charge in [-0.25, -0.2) is 14.8 Å². The average molecular weight is 258 g/mol. The summed E-state index contributed by atoms with van der Waals surface area (Å²) in [6.07, 6.45) is 2.10. The number of esters is 1. The van der Waals surface area contributed by atoms with E-state index in [2.05, 4.69) is 14.7 Å². The van der Waals surface area contributed by atoms with Crippen molar-refractivity contribution in [2.24, 2.45) is 0 Å². The van der Waals surface area contributed by atoms with Crippen LogP contribution in [0.5, 0.6) is 5.75 Å². The minimum atomic E-state index is -0.460. The molecule has 19 heavy (non-hydrogen) atoms. The van der Waals surface area contributed by atoms with Gasteiger partial charge in [0.15, 0.2) is 5.69 Å². The molecule has 0 spiro atoms. The zero-order valence-corrected chi connectivity index (χ0v) is 10.8. The van der Waals surface area contributed by atoms with Crippen LogP contribution >= 0.6 is 0 Å². The van der Waals surface area contributed by atoms with E-state index in [9.17, 15) is 4.79 Å². The van der Waals surface area contributed by atoms with Gasteiger partial charge >= 0.3 is 5.97 Å². The quantitative estimate of drug-likeness (QED) is 0.783. The molecule has 0 fully saturated rings. The van der Waals surface area contributed by atoms with Crippen LogP contribution in [0.25, 0.3) is 0 Å². The van der Waals surface area contributed by atoms with E-state index in [1.165, 1.54) is 13.2 Å². The topological polar surface area (TPSA) is 61.3 Å². The molecule has 0 aliphatic heterocycles. The molecule has 0 unspecified atom stereocenters. The Morgan fingerprint density at radius 3 is 2.53 bits per heavy atom. The van der Waals surface area contributed by atoms with E-state index in [1.807, 2.05) is 24.3 Å². The predicted octanol–water partition coefficient (Wildman–Crippen LogP) is 1.86. The molecule has 0 bridgehead atoms. The zero-order chi connectivity index (χ0) is 13.7. The molecule has 0 amide bonds. The Bertz CT molecular complexity index is 567. The molecule has 0 aliphatic carbocycles. The Morgan fingerprint density at radius 2 is 1.89 bits per heavy atom. The molecule has 2 rings (SSSR count). The van der Waals surface area contributed by atoms with Crippen molar-refractivity contribution in [1.82, 2.24) is 9.97 Å². The Balaban J connectivity index is 2.16. The smallest absolute Gasteiger partial charge is 0.356 e. The molecule has 1 aromatic heterocycles. The van der Waals surface area contributed by atoms with Crippen LogP contribution in [0.3, 0.4) is 0 Å². The maximum absolute atomic E-state index is 11.4. The predicted molar refractivity (Wildman–Crippen MR) is 69.2 cm³/mol. The number of carbonyl (C=O) groups is 1. The molecule has 0 saturated carbocycles. The third-order valence-corrected chi connectivity index (χ3v) is 2.62. The van der Waals surface area contributed by atoms with Crippen LogP contribution in [0.15, 0.2) is 36.5 Å². The lowest BCUT2D eigenvalue weighted by Crippen LogP contribution is -2.07. The van der Waals surface area contributed by atoms with E-state index in [0.717, 1.165) is 11.3 Å². The summed E-state index contributed by atoms with van der Waals surface area (Å²) in [6.45, 7) is 0. The molecule has 0 atom stereocenters. The zero-order valence-electron chi connectivity index (χ0n) is 10.8.